The molecule has 6 heteroatoms. The Kier molecular flexibility index (Phi) is 6.14. The van der Waals surface area contributed by atoms with Gasteiger partial charge in [-0.05, 0) is 13.8 Å². The summed E-state index contributed by atoms with van der Waals surface area (Å²) in [5, 5.41) is 8.47. The van der Waals surface area contributed by atoms with E-state index in [1.165, 1.54) is 0 Å². The lowest BCUT2D eigenvalue weighted by Crippen LogP contribution is -2.30. The van der Waals surface area contributed by atoms with E-state index in [0.29, 0.717) is 0 Å². The predicted molar refractivity (Wildman–Crippen MR) is 53.7 cm³/mol. The van der Waals surface area contributed by atoms with Gasteiger partial charge in [-0.15, -0.1) is 0 Å². The van der Waals surface area contributed by atoms with Gasteiger partial charge in [0.1, 0.15) is 0 Å². The van der Waals surface area contributed by atoms with Crippen LogP contribution in [0.4, 0.5) is 0 Å². The molecule has 6 nitrogen and oxygen atoms in total. The Bertz CT molecular complexity index is 270. The first-order valence-electron chi connectivity index (χ1n) is 4.92. The van der Waals surface area contributed by atoms with Crippen LogP contribution in [0, 0.1) is 0 Å². The summed E-state index contributed by atoms with van der Waals surface area (Å²) in [7, 11) is 0. The van der Waals surface area contributed by atoms with E-state index < -0.39 is 24.0 Å². The van der Waals surface area contributed by atoms with Crippen LogP contribution in [0.1, 0.15) is 33.6 Å². The van der Waals surface area contributed by atoms with E-state index in [9.17, 15) is 14.4 Å². The molecule has 0 fully saturated rings. The molecule has 0 spiro atoms. The molecule has 0 aromatic rings. The summed E-state index contributed by atoms with van der Waals surface area (Å²) < 4.78 is 9.52. The van der Waals surface area contributed by atoms with Crippen molar-refractivity contribution in [1.29, 1.82) is 0 Å². The third kappa shape index (κ3) is 6.80. The van der Waals surface area contributed by atoms with Crippen molar-refractivity contribution in [3.63, 3.8) is 0 Å². The molecule has 0 radical (unpaired) electrons. The minimum Gasteiger partial charge on any atom is -0.481 e. The van der Waals surface area contributed by atoms with E-state index in [-0.39, 0.29) is 18.9 Å². The fraction of sp³-hybridized carbons (Fsp3) is 0.700. The lowest BCUT2D eigenvalue weighted by Gasteiger charge is -2.16. The maximum Gasteiger partial charge on any atom is 0.347 e. The molecule has 0 aromatic heterocycles. The Balaban J connectivity index is 4.34. The van der Waals surface area contributed by atoms with Crippen LogP contribution < -0.4 is 0 Å². The van der Waals surface area contributed by atoms with Gasteiger partial charge in [-0.25, -0.2) is 4.79 Å². The highest BCUT2D eigenvalue weighted by atomic mass is 16.6. The third-order valence-electron chi connectivity index (χ3n) is 1.54. The molecule has 0 aliphatic heterocycles. The van der Waals surface area contributed by atoms with Crippen LogP contribution in [0.2, 0.25) is 0 Å². The minimum absolute atomic E-state index is 0.0829. The van der Waals surface area contributed by atoms with Crippen molar-refractivity contribution in [3.05, 3.63) is 0 Å². The second kappa shape index (κ2) is 6.81. The highest BCUT2D eigenvalue weighted by molar-refractivity contribution is 5.79. The van der Waals surface area contributed by atoms with Crippen molar-refractivity contribution >= 4 is 17.9 Å². The lowest BCUT2D eigenvalue weighted by molar-refractivity contribution is -0.170. The highest BCUT2D eigenvalue weighted by Gasteiger charge is 2.24. The molecule has 92 valence electrons. The van der Waals surface area contributed by atoms with Crippen LogP contribution in [-0.2, 0) is 23.9 Å². The van der Waals surface area contributed by atoms with Gasteiger partial charge in [0.15, 0.2) is 6.10 Å². The SMILES string of the molecule is CC(=O)OC(CCC(=O)O)C(=O)OC(C)C. The van der Waals surface area contributed by atoms with Crippen molar-refractivity contribution in [1.82, 2.24) is 0 Å². The fourth-order valence-electron chi connectivity index (χ4n) is 0.988. The topological polar surface area (TPSA) is 89.9 Å². The Morgan fingerprint density at radius 1 is 1.19 bits per heavy atom. The van der Waals surface area contributed by atoms with Crippen LogP contribution in [0.15, 0.2) is 0 Å². The van der Waals surface area contributed by atoms with E-state index >= 15 is 0 Å². The summed E-state index contributed by atoms with van der Waals surface area (Å²) in [5.41, 5.74) is 0. The zero-order valence-corrected chi connectivity index (χ0v) is 9.56. The number of esters is 2. The van der Waals surface area contributed by atoms with E-state index in [0.717, 1.165) is 6.92 Å². The monoisotopic (exact) mass is 232 g/mol. The Morgan fingerprint density at radius 2 is 1.75 bits per heavy atom. The molecule has 0 saturated heterocycles. The van der Waals surface area contributed by atoms with E-state index in [1.54, 1.807) is 13.8 Å². The van der Waals surface area contributed by atoms with Gasteiger partial charge in [0.25, 0.3) is 0 Å². The molecular weight excluding hydrogens is 216 g/mol. The molecule has 1 atom stereocenters. The van der Waals surface area contributed by atoms with E-state index in [1.807, 2.05) is 0 Å². The van der Waals surface area contributed by atoms with E-state index in [4.69, 9.17) is 9.84 Å². The normalized spacial score (nSPS) is 12.0. The second-order valence-electron chi connectivity index (χ2n) is 3.52. The standard InChI is InChI=1S/C10H16O6/c1-6(2)15-10(14)8(16-7(3)11)4-5-9(12)13/h6,8H,4-5H2,1-3H3,(H,12,13). The maximum absolute atomic E-state index is 11.4. The smallest absolute Gasteiger partial charge is 0.347 e. The summed E-state index contributed by atoms with van der Waals surface area (Å²) in [6.45, 7) is 4.45. The quantitative estimate of drug-likeness (QED) is 0.679. The highest BCUT2D eigenvalue weighted by Crippen LogP contribution is 2.07. The maximum atomic E-state index is 11.4. The molecule has 0 rings (SSSR count). The summed E-state index contributed by atoms with van der Waals surface area (Å²) in [6.07, 6.45) is -1.82. The number of ether oxygens (including phenoxy) is 2. The number of carbonyl (C=O) groups excluding carboxylic acids is 2. The fourth-order valence-corrected chi connectivity index (χ4v) is 0.988. The molecule has 16 heavy (non-hydrogen) atoms. The molecule has 1 unspecified atom stereocenters. The second-order valence-corrected chi connectivity index (χ2v) is 3.52. The number of carboxylic acid groups (broad SMARTS) is 1. The Morgan fingerprint density at radius 3 is 2.12 bits per heavy atom. The summed E-state index contributed by atoms with van der Waals surface area (Å²) in [4.78, 5) is 32.5. The van der Waals surface area contributed by atoms with Gasteiger partial charge < -0.3 is 14.6 Å². The van der Waals surface area contributed by atoms with Gasteiger partial charge in [-0.1, -0.05) is 0 Å². The third-order valence-corrected chi connectivity index (χ3v) is 1.54. The largest absolute Gasteiger partial charge is 0.481 e. The number of hydrogen-bond donors (Lipinski definition) is 1. The number of rotatable bonds is 6. The zero-order valence-electron chi connectivity index (χ0n) is 9.56. The van der Waals surface area contributed by atoms with Crippen molar-refractivity contribution < 1.29 is 29.0 Å². The summed E-state index contributed by atoms with van der Waals surface area (Å²) in [5.74, 6) is -2.42. The number of aliphatic carboxylic acids is 1. The Hall–Kier alpha value is -1.59. The molecule has 0 aliphatic rings. The number of carboxylic acids is 1. The first kappa shape index (κ1) is 14.4. The van der Waals surface area contributed by atoms with Crippen molar-refractivity contribution in [2.75, 3.05) is 0 Å². The Labute approximate surface area is 93.5 Å². The predicted octanol–water partition coefficient (Wildman–Crippen LogP) is 0.734. The van der Waals surface area contributed by atoms with Gasteiger partial charge in [0.2, 0.25) is 0 Å². The van der Waals surface area contributed by atoms with E-state index in [2.05, 4.69) is 4.74 Å². The van der Waals surface area contributed by atoms with Crippen LogP contribution in [-0.4, -0.2) is 35.2 Å². The van der Waals surface area contributed by atoms with Crippen molar-refractivity contribution in [2.45, 2.75) is 45.8 Å². The molecule has 0 heterocycles. The number of carbonyl (C=O) groups is 3. The van der Waals surface area contributed by atoms with Crippen molar-refractivity contribution in [3.8, 4) is 0 Å². The van der Waals surface area contributed by atoms with Crippen LogP contribution in [0.3, 0.4) is 0 Å². The first-order chi connectivity index (χ1) is 7.32. The van der Waals surface area contributed by atoms with Crippen LogP contribution >= 0.6 is 0 Å². The molecule has 0 aromatic carbocycles. The first-order valence-corrected chi connectivity index (χ1v) is 4.92. The number of hydrogen-bond acceptors (Lipinski definition) is 5. The zero-order chi connectivity index (χ0) is 12.7. The molecule has 0 bridgehead atoms. The summed E-state index contributed by atoms with van der Waals surface area (Å²) >= 11 is 0. The molecule has 0 amide bonds. The lowest BCUT2D eigenvalue weighted by atomic mass is 10.2. The summed E-state index contributed by atoms with van der Waals surface area (Å²) in [6, 6.07) is 0. The van der Waals surface area contributed by atoms with Gasteiger partial charge in [-0.2, -0.15) is 0 Å². The van der Waals surface area contributed by atoms with Crippen LogP contribution in [0.5, 0.6) is 0 Å². The van der Waals surface area contributed by atoms with Gasteiger partial charge >= 0.3 is 17.9 Å². The molecule has 0 saturated carbocycles. The molecule has 0 aliphatic carbocycles. The van der Waals surface area contributed by atoms with Gasteiger partial charge in [0, 0.05) is 19.8 Å². The minimum atomic E-state index is -1.14. The van der Waals surface area contributed by atoms with Crippen molar-refractivity contribution in [2.24, 2.45) is 0 Å². The average molecular weight is 232 g/mol. The molecule has 1 N–H and O–H groups in total. The van der Waals surface area contributed by atoms with Gasteiger partial charge in [-0.3, -0.25) is 9.59 Å². The van der Waals surface area contributed by atoms with Crippen LogP contribution in [0.25, 0.3) is 0 Å². The molecular formula is C10H16O6. The average Bonchev–Trinajstić information content (AvgIpc) is 2.09. The van der Waals surface area contributed by atoms with Gasteiger partial charge in [0.05, 0.1) is 6.10 Å².